The van der Waals surface area contributed by atoms with Crippen LogP contribution in [0.15, 0.2) is 36.4 Å². The van der Waals surface area contributed by atoms with Crippen LogP contribution in [-0.4, -0.2) is 44.4 Å². The van der Waals surface area contributed by atoms with Gasteiger partial charge in [-0.1, -0.05) is 23.8 Å². The van der Waals surface area contributed by atoms with Crippen LogP contribution in [-0.2, 0) is 26.3 Å². The van der Waals surface area contributed by atoms with Crippen molar-refractivity contribution in [3.05, 3.63) is 53.1 Å². The minimum absolute atomic E-state index is 0.238. The van der Waals surface area contributed by atoms with Crippen LogP contribution in [0, 0.1) is 18.8 Å². The van der Waals surface area contributed by atoms with E-state index in [0.29, 0.717) is 23.2 Å². The molecule has 4 atom stereocenters. The molecule has 33 heavy (non-hydrogen) atoms. The van der Waals surface area contributed by atoms with Gasteiger partial charge in [0.05, 0.1) is 11.8 Å². The summed E-state index contributed by atoms with van der Waals surface area (Å²) in [5, 5.41) is 25.9. The molecule has 172 valence electrons. The third-order valence-corrected chi connectivity index (χ3v) is 7.04. The highest BCUT2D eigenvalue weighted by atomic mass is 16.3. The molecule has 4 unspecified atom stereocenters. The van der Waals surface area contributed by atoms with Gasteiger partial charge in [0.15, 0.2) is 11.5 Å². The normalized spacial score (nSPS) is 28.4. The quantitative estimate of drug-likeness (QED) is 0.412. The summed E-state index contributed by atoms with van der Waals surface area (Å²) in [5.41, 5.74) is 0.841. The molecule has 5 rings (SSSR count). The molecular formula is C25H27N3O5. The smallest absolute Gasteiger partial charge is 0.250 e. The van der Waals surface area contributed by atoms with E-state index in [0.717, 1.165) is 5.56 Å². The van der Waals surface area contributed by atoms with Gasteiger partial charge in [-0.05, 0) is 57.9 Å². The van der Waals surface area contributed by atoms with E-state index in [1.165, 1.54) is 17.0 Å². The zero-order valence-corrected chi connectivity index (χ0v) is 19.0. The summed E-state index contributed by atoms with van der Waals surface area (Å²) in [6.45, 7) is 7.35. The molecule has 3 aliphatic rings. The van der Waals surface area contributed by atoms with Crippen molar-refractivity contribution in [3.63, 3.8) is 0 Å². The average Bonchev–Trinajstić information content (AvgIpc) is 3.29. The number of phenolic OH excluding ortho intramolecular Hbond substituents is 2. The first-order valence-electron chi connectivity index (χ1n) is 11.0. The van der Waals surface area contributed by atoms with Gasteiger partial charge in [-0.25, -0.2) is 0 Å². The number of anilines is 1. The Kier molecular flexibility index (Phi) is 4.42. The molecule has 3 heterocycles. The fourth-order valence-electron chi connectivity index (χ4n) is 5.70. The number of hydrogen-bond donors (Lipinski definition) is 4. The maximum absolute atomic E-state index is 13.8. The van der Waals surface area contributed by atoms with Gasteiger partial charge in [0.2, 0.25) is 17.7 Å². The van der Waals surface area contributed by atoms with Gasteiger partial charge in [0.1, 0.15) is 5.54 Å². The largest absolute Gasteiger partial charge is 0.504 e. The van der Waals surface area contributed by atoms with Crippen molar-refractivity contribution in [2.45, 2.75) is 51.2 Å². The first-order valence-corrected chi connectivity index (χ1v) is 11.0. The molecule has 0 bridgehead atoms. The highest BCUT2D eigenvalue weighted by molar-refractivity contribution is 6.15. The summed E-state index contributed by atoms with van der Waals surface area (Å²) in [6, 6.07) is 9.56. The molecule has 2 aromatic carbocycles. The Morgan fingerprint density at radius 2 is 1.73 bits per heavy atom. The van der Waals surface area contributed by atoms with E-state index in [4.69, 9.17) is 0 Å². The van der Waals surface area contributed by atoms with Gasteiger partial charge < -0.3 is 15.5 Å². The van der Waals surface area contributed by atoms with Crippen molar-refractivity contribution < 1.29 is 24.6 Å². The zero-order valence-electron chi connectivity index (χ0n) is 19.0. The second kappa shape index (κ2) is 6.81. The second-order valence-corrected chi connectivity index (χ2v) is 10.3. The number of nitrogens with one attached hydrogen (secondary N) is 2. The minimum atomic E-state index is -1.36. The number of rotatable bonds is 2. The van der Waals surface area contributed by atoms with Gasteiger partial charge >= 0.3 is 0 Å². The van der Waals surface area contributed by atoms with Crippen LogP contribution in [0.25, 0.3) is 0 Å². The molecule has 0 radical (unpaired) electrons. The number of benzene rings is 2. The Morgan fingerprint density at radius 1 is 1.00 bits per heavy atom. The number of carbonyl (C=O) groups is 3. The maximum atomic E-state index is 13.8. The number of aryl methyl sites for hydroxylation is 1. The summed E-state index contributed by atoms with van der Waals surface area (Å²) < 4.78 is 0. The van der Waals surface area contributed by atoms with Crippen molar-refractivity contribution in [3.8, 4) is 11.5 Å². The highest BCUT2D eigenvalue weighted by Gasteiger charge is 2.71. The molecule has 4 N–H and O–H groups in total. The van der Waals surface area contributed by atoms with Gasteiger partial charge in [0.25, 0.3) is 0 Å². The van der Waals surface area contributed by atoms with Crippen molar-refractivity contribution in [1.82, 2.24) is 10.2 Å². The van der Waals surface area contributed by atoms with Crippen molar-refractivity contribution in [2.24, 2.45) is 11.8 Å². The lowest BCUT2D eigenvalue weighted by atomic mass is 9.76. The first-order chi connectivity index (χ1) is 15.4. The Balaban J connectivity index is 1.66. The van der Waals surface area contributed by atoms with Gasteiger partial charge in [-0.2, -0.15) is 0 Å². The summed E-state index contributed by atoms with van der Waals surface area (Å²) in [5.74, 6) is -3.13. The lowest BCUT2D eigenvalue weighted by Crippen LogP contribution is -2.56. The van der Waals surface area contributed by atoms with Gasteiger partial charge in [0, 0.05) is 22.8 Å². The molecule has 0 aliphatic carbocycles. The Bertz CT molecular complexity index is 1220. The number of carbonyl (C=O) groups excluding carboxylic acids is 3. The van der Waals surface area contributed by atoms with Gasteiger partial charge in [-0.15, -0.1) is 0 Å². The first kappa shape index (κ1) is 21.5. The fraction of sp³-hybridized carbons (Fsp3) is 0.400. The van der Waals surface area contributed by atoms with Crippen LogP contribution in [0.4, 0.5) is 5.69 Å². The van der Waals surface area contributed by atoms with Gasteiger partial charge in [-0.3, -0.25) is 24.6 Å². The second-order valence-electron chi connectivity index (χ2n) is 10.3. The summed E-state index contributed by atoms with van der Waals surface area (Å²) in [4.78, 5) is 42.2. The van der Waals surface area contributed by atoms with Crippen molar-refractivity contribution >= 4 is 23.4 Å². The molecule has 2 aromatic rings. The number of nitrogens with zero attached hydrogens (tertiary/aromatic N) is 1. The van der Waals surface area contributed by atoms with Crippen LogP contribution in [0.3, 0.4) is 0 Å². The molecule has 1 spiro atoms. The maximum Gasteiger partial charge on any atom is 0.250 e. The SMILES string of the molecule is Cc1ccc2c(c1)C1(NC(Cc3ccc(O)c(O)c3)C3C(=O)N(C(C)(C)C)C(=O)C31)C(=O)N2. The highest BCUT2D eigenvalue weighted by Crippen LogP contribution is 2.54. The van der Waals surface area contributed by atoms with E-state index in [-0.39, 0.29) is 29.2 Å². The monoisotopic (exact) mass is 449 g/mol. The summed E-state index contributed by atoms with van der Waals surface area (Å²) >= 11 is 0. The molecule has 3 amide bonds. The lowest BCUT2D eigenvalue weighted by Gasteiger charge is -2.34. The summed E-state index contributed by atoms with van der Waals surface area (Å²) in [6.07, 6.45) is 0.294. The van der Waals surface area contributed by atoms with Crippen LogP contribution in [0.1, 0.15) is 37.5 Å². The van der Waals surface area contributed by atoms with Crippen LogP contribution in [0.5, 0.6) is 11.5 Å². The zero-order chi connectivity index (χ0) is 23.9. The Hall–Kier alpha value is -3.39. The predicted octanol–water partition coefficient (Wildman–Crippen LogP) is 2.17. The summed E-state index contributed by atoms with van der Waals surface area (Å²) in [7, 11) is 0. The number of phenols is 2. The van der Waals surface area contributed by atoms with Crippen LogP contribution < -0.4 is 10.6 Å². The number of likely N-dealkylation sites (tertiary alicyclic amines) is 1. The van der Waals surface area contributed by atoms with E-state index in [1.807, 2.05) is 45.9 Å². The fourth-order valence-corrected chi connectivity index (χ4v) is 5.70. The Morgan fingerprint density at radius 3 is 2.39 bits per heavy atom. The Labute approximate surface area is 191 Å². The van der Waals surface area contributed by atoms with E-state index in [2.05, 4.69) is 10.6 Å². The van der Waals surface area contributed by atoms with Crippen LogP contribution in [0.2, 0.25) is 0 Å². The third-order valence-electron chi connectivity index (χ3n) is 7.04. The molecule has 8 nitrogen and oxygen atoms in total. The molecular weight excluding hydrogens is 422 g/mol. The minimum Gasteiger partial charge on any atom is -0.504 e. The molecule has 8 heteroatoms. The van der Waals surface area contributed by atoms with E-state index >= 15 is 0 Å². The standard InChI is InChI=1S/C25H27N3O5/c1-12-5-7-15-14(9-12)25(23(33)26-15)20-19(21(31)28(22(20)32)24(2,3)4)16(27-25)10-13-6-8-17(29)18(30)11-13/h5-9,11,16,19-20,27,29-30H,10H2,1-4H3,(H,26,33). The molecule has 2 saturated heterocycles. The van der Waals surface area contributed by atoms with Crippen molar-refractivity contribution in [2.75, 3.05) is 5.32 Å². The van der Waals surface area contributed by atoms with E-state index in [1.54, 1.807) is 6.07 Å². The van der Waals surface area contributed by atoms with Crippen LogP contribution >= 0.6 is 0 Å². The molecule has 3 aliphatic heterocycles. The number of imide groups is 1. The number of aromatic hydroxyl groups is 2. The predicted molar refractivity (Wildman–Crippen MR) is 120 cm³/mol. The van der Waals surface area contributed by atoms with E-state index < -0.39 is 29.0 Å². The lowest BCUT2D eigenvalue weighted by molar-refractivity contribution is -0.147. The number of hydrogen-bond acceptors (Lipinski definition) is 6. The van der Waals surface area contributed by atoms with E-state index in [9.17, 15) is 24.6 Å². The van der Waals surface area contributed by atoms with Crippen molar-refractivity contribution in [1.29, 1.82) is 0 Å². The molecule has 2 fully saturated rings. The molecule has 0 saturated carbocycles. The third kappa shape index (κ3) is 2.90. The topological polar surface area (TPSA) is 119 Å². The number of fused-ring (bicyclic) bond motifs is 4. The number of amides is 3. The average molecular weight is 450 g/mol. The molecule has 0 aromatic heterocycles.